The third kappa shape index (κ3) is 1.80. The Kier molecular flexibility index (Phi) is 2.93. The second-order valence-corrected chi connectivity index (χ2v) is 3.75. The van der Waals surface area contributed by atoms with E-state index in [1.54, 1.807) is 18.3 Å². The van der Waals surface area contributed by atoms with Crippen LogP contribution in [0, 0.1) is 11.3 Å². The lowest BCUT2D eigenvalue weighted by Crippen LogP contribution is -1.99. The largest absolute Gasteiger partial charge is 0.302 e. The third-order valence-corrected chi connectivity index (χ3v) is 2.67. The van der Waals surface area contributed by atoms with Crippen LogP contribution in [0.15, 0.2) is 30.6 Å². The Morgan fingerprint density at radius 1 is 1.50 bits per heavy atom. The van der Waals surface area contributed by atoms with Gasteiger partial charge in [0.1, 0.15) is 5.82 Å². The van der Waals surface area contributed by atoms with E-state index < -0.39 is 0 Å². The van der Waals surface area contributed by atoms with Crippen LogP contribution in [0.25, 0.3) is 5.69 Å². The van der Waals surface area contributed by atoms with Gasteiger partial charge in [-0.3, -0.25) is 0 Å². The second kappa shape index (κ2) is 4.38. The molecule has 0 saturated heterocycles. The van der Waals surface area contributed by atoms with E-state index in [-0.39, 0.29) is 0 Å². The Morgan fingerprint density at radius 3 is 2.94 bits per heavy atom. The van der Waals surface area contributed by atoms with Crippen LogP contribution in [0.5, 0.6) is 0 Å². The Hall–Kier alpha value is -1.79. The molecule has 0 aliphatic heterocycles. The number of hydrogen-bond acceptors (Lipinski definition) is 2. The molecule has 1 heterocycles. The summed E-state index contributed by atoms with van der Waals surface area (Å²) in [4.78, 5) is 4.23. The first-order chi connectivity index (χ1) is 7.76. The highest BCUT2D eigenvalue weighted by atomic mass is 35.5. The van der Waals surface area contributed by atoms with E-state index in [9.17, 15) is 0 Å². The van der Waals surface area contributed by atoms with Gasteiger partial charge < -0.3 is 4.57 Å². The molecule has 1 aromatic carbocycles. The number of hydrogen-bond donors (Lipinski definition) is 0. The molecule has 2 aromatic rings. The molecule has 0 N–H and O–H groups in total. The molecule has 0 spiro atoms. The third-order valence-electron chi connectivity index (χ3n) is 2.37. The van der Waals surface area contributed by atoms with Crippen LogP contribution < -0.4 is 0 Å². The number of benzene rings is 1. The Balaban J connectivity index is 2.53. The summed E-state index contributed by atoms with van der Waals surface area (Å²) in [5.74, 6) is 0.951. The summed E-state index contributed by atoms with van der Waals surface area (Å²) < 4.78 is 1.93. The molecule has 4 heteroatoms. The molecule has 0 radical (unpaired) electrons. The molecular weight excluding hydrogens is 222 g/mol. The maximum Gasteiger partial charge on any atom is 0.112 e. The molecule has 16 heavy (non-hydrogen) atoms. The first-order valence-corrected chi connectivity index (χ1v) is 5.36. The van der Waals surface area contributed by atoms with Gasteiger partial charge in [0.2, 0.25) is 0 Å². The van der Waals surface area contributed by atoms with Crippen molar-refractivity contribution in [3.8, 4) is 11.8 Å². The van der Waals surface area contributed by atoms with Crippen molar-refractivity contribution >= 4 is 11.6 Å². The average Bonchev–Trinajstić information content (AvgIpc) is 2.76. The molecule has 1 aromatic heterocycles. The number of imidazole rings is 1. The van der Waals surface area contributed by atoms with E-state index in [1.165, 1.54) is 0 Å². The van der Waals surface area contributed by atoms with Crippen LogP contribution in [-0.4, -0.2) is 9.55 Å². The summed E-state index contributed by atoms with van der Waals surface area (Å²) in [7, 11) is 0. The van der Waals surface area contributed by atoms with Crippen molar-refractivity contribution in [1.29, 1.82) is 5.26 Å². The molecule has 2 rings (SSSR count). The fraction of sp³-hybridized carbons (Fsp3) is 0.167. The van der Waals surface area contributed by atoms with Crippen molar-refractivity contribution in [1.82, 2.24) is 9.55 Å². The van der Waals surface area contributed by atoms with Gasteiger partial charge in [-0.2, -0.15) is 5.26 Å². The van der Waals surface area contributed by atoms with Crippen molar-refractivity contribution in [2.45, 2.75) is 13.3 Å². The zero-order valence-electron chi connectivity index (χ0n) is 8.81. The lowest BCUT2D eigenvalue weighted by Gasteiger charge is -2.08. The quantitative estimate of drug-likeness (QED) is 0.798. The Bertz CT molecular complexity index is 552. The van der Waals surface area contributed by atoms with E-state index >= 15 is 0 Å². The number of nitrogens with zero attached hydrogens (tertiary/aromatic N) is 3. The maximum atomic E-state index is 8.76. The predicted molar refractivity (Wildman–Crippen MR) is 62.7 cm³/mol. The SMILES string of the molecule is CCc1nccn1-c1ccc(C#N)cc1Cl. The molecular formula is C12H10ClN3. The highest BCUT2D eigenvalue weighted by Gasteiger charge is 2.07. The van der Waals surface area contributed by atoms with Gasteiger partial charge in [-0.05, 0) is 18.2 Å². The molecule has 0 fully saturated rings. The van der Waals surface area contributed by atoms with Crippen molar-refractivity contribution in [3.05, 3.63) is 47.0 Å². The summed E-state index contributed by atoms with van der Waals surface area (Å²) in [5, 5.41) is 9.32. The van der Waals surface area contributed by atoms with Gasteiger partial charge in [0, 0.05) is 18.8 Å². The highest BCUT2D eigenvalue weighted by Crippen LogP contribution is 2.22. The molecule has 0 amide bonds. The molecule has 0 atom stereocenters. The van der Waals surface area contributed by atoms with Crippen LogP contribution in [0.2, 0.25) is 5.02 Å². The number of nitriles is 1. The van der Waals surface area contributed by atoms with E-state index in [0.717, 1.165) is 17.9 Å². The number of halogens is 1. The molecule has 0 aliphatic carbocycles. The monoisotopic (exact) mass is 231 g/mol. The first-order valence-electron chi connectivity index (χ1n) is 4.98. The zero-order valence-corrected chi connectivity index (χ0v) is 9.57. The van der Waals surface area contributed by atoms with Crippen LogP contribution >= 0.6 is 11.6 Å². The lowest BCUT2D eigenvalue weighted by atomic mass is 10.2. The van der Waals surface area contributed by atoms with Crippen molar-refractivity contribution < 1.29 is 0 Å². The van der Waals surface area contributed by atoms with E-state index in [0.29, 0.717) is 10.6 Å². The highest BCUT2D eigenvalue weighted by molar-refractivity contribution is 6.32. The molecule has 0 unspecified atom stereocenters. The summed E-state index contributed by atoms with van der Waals surface area (Å²) in [5.41, 5.74) is 1.42. The molecule has 0 saturated carbocycles. The van der Waals surface area contributed by atoms with Gasteiger partial charge in [-0.15, -0.1) is 0 Å². The van der Waals surface area contributed by atoms with Crippen molar-refractivity contribution in [3.63, 3.8) is 0 Å². The predicted octanol–water partition coefficient (Wildman–Crippen LogP) is 2.96. The smallest absolute Gasteiger partial charge is 0.112 e. The minimum Gasteiger partial charge on any atom is -0.302 e. The van der Waals surface area contributed by atoms with Gasteiger partial charge in [0.25, 0.3) is 0 Å². The van der Waals surface area contributed by atoms with E-state index in [2.05, 4.69) is 11.1 Å². The topological polar surface area (TPSA) is 41.6 Å². The zero-order chi connectivity index (χ0) is 11.5. The number of aryl methyl sites for hydroxylation is 1. The summed E-state index contributed by atoms with van der Waals surface area (Å²) in [6, 6.07) is 7.31. The van der Waals surface area contributed by atoms with E-state index in [4.69, 9.17) is 16.9 Å². The minimum absolute atomic E-state index is 0.562. The average molecular weight is 232 g/mol. The summed E-state index contributed by atoms with van der Waals surface area (Å²) in [6.07, 6.45) is 4.45. The summed E-state index contributed by atoms with van der Waals surface area (Å²) >= 11 is 6.13. The maximum absolute atomic E-state index is 8.76. The fourth-order valence-electron chi connectivity index (χ4n) is 1.59. The molecule has 3 nitrogen and oxygen atoms in total. The van der Waals surface area contributed by atoms with Crippen LogP contribution in [0.3, 0.4) is 0 Å². The van der Waals surface area contributed by atoms with E-state index in [1.807, 2.05) is 23.8 Å². The van der Waals surface area contributed by atoms with Crippen LogP contribution in [-0.2, 0) is 6.42 Å². The Morgan fingerprint density at radius 2 is 2.31 bits per heavy atom. The lowest BCUT2D eigenvalue weighted by molar-refractivity contribution is 0.891. The standard InChI is InChI=1S/C12H10ClN3/c1-2-12-15-5-6-16(12)11-4-3-9(8-14)7-10(11)13/h3-7H,2H2,1H3. The van der Waals surface area contributed by atoms with Crippen LogP contribution in [0.1, 0.15) is 18.3 Å². The second-order valence-electron chi connectivity index (χ2n) is 3.35. The molecule has 0 aliphatic rings. The fourth-order valence-corrected chi connectivity index (χ4v) is 1.86. The summed E-state index contributed by atoms with van der Waals surface area (Å²) in [6.45, 7) is 2.04. The molecule has 80 valence electrons. The normalized spacial score (nSPS) is 10.1. The van der Waals surface area contributed by atoms with Gasteiger partial charge in [0.15, 0.2) is 0 Å². The van der Waals surface area contributed by atoms with Crippen LogP contribution in [0.4, 0.5) is 0 Å². The minimum atomic E-state index is 0.562. The van der Waals surface area contributed by atoms with Gasteiger partial charge in [-0.25, -0.2) is 4.98 Å². The number of rotatable bonds is 2. The van der Waals surface area contributed by atoms with Gasteiger partial charge in [-0.1, -0.05) is 18.5 Å². The van der Waals surface area contributed by atoms with Crippen molar-refractivity contribution in [2.24, 2.45) is 0 Å². The first kappa shape index (κ1) is 10.7. The van der Waals surface area contributed by atoms with Gasteiger partial charge >= 0.3 is 0 Å². The van der Waals surface area contributed by atoms with Crippen molar-refractivity contribution in [2.75, 3.05) is 0 Å². The Labute approximate surface area is 98.9 Å². The number of aromatic nitrogens is 2. The molecule has 0 bridgehead atoms. The van der Waals surface area contributed by atoms with Gasteiger partial charge in [0.05, 0.1) is 22.3 Å².